The van der Waals surface area contributed by atoms with Gasteiger partial charge >= 0.3 is 0 Å². The normalized spacial score (nSPS) is 31.5. The Bertz CT molecular complexity index is 1520. The summed E-state index contributed by atoms with van der Waals surface area (Å²) in [6, 6.07) is 12.4. The number of halogens is 1. The van der Waals surface area contributed by atoms with Crippen molar-refractivity contribution < 1.29 is 9.53 Å². The maximum Gasteiger partial charge on any atom is 0.260 e. The second-order valence-corrected chi connectivity index (χ2v) is 17.9. The van der Waals surface area contributed by atoms with Crippen molar-refractivity contribution in [2.45, 2.75) is 76.5 Å². The van der Waals surface area contributed by atoms with Crippen LogP contribution in [0.5, 0.6) is 5.75 Å². The first-order valence-electron chi connectivity index (χ1n) is 18.2. The fraction of sp³-hybridized carbons (Fsp3) is 0.600. The lowest BCUT2D eigenvalue weighted by molar-refractivity contribution is -0.0323. The predicted octanol–water partition coefficient (Wildman–Crippen LogP) is 7.88. The number of hydrogen-bond donors (Lipinski definition) is 1. The van der Waals surface area contributed by atoms with Gasteiger partial charge in [0.25, 0.3) is 5.91 Å². The number of nitrogens with one attached hydrogen (secondary N) is 1. The van der Waals surface area contributed by atoms with Crippen LogP contribution >= 0.6 is 22.3 Å². The molecular weight excluding hydrogens is 636 g/mol. The predicted molar refractivity (Wildman–Crippen MR) is 205 cm³/mol. The number of rotatable bonds is 6. The molecule has 2 aromatic carbocycles. The summed E-state index contributed by atoms with van der Waals surface area (Å²) in [6.45, 7) is 14.9. The highest BCUT2D eigenvalue weighted by atomic mass is 35.5. The highest BCUT2D eigenvalue weighted by Crippen LogP contribution is 2.45. The van der Waals surface area contributed by atoms with Crippen molar-refractivity contribution >= 4 is 39.7 Å². The third kappa shape index (κ3) is 7.55. The number of nitrogens with zero attached hydrogens (tertiary/aromatic N) is 3. The van der Waals surface area contributed by atoms with Crippen LogP contribution in [-0.4, -0.2) is 85.8 Å². The minimum absolute atomic E-state index is 0.0534. The number of anilines is 1. The first-order chi connectivity index (χ1) is 23.0. The molecule has 6 rings (SSSR count). The largest absolute Gasteiger partial charge is 0.491 e. The summed E-state index contributed by atoms with van der Waals surface area (Å²) in [5.74, 6) is 7.61. The molecule has 8 heteroatoms. The highest BCUT2D eigenvalue weighted by molar-refractivity contribution is 8.13. The Kier molecular flexibility index (Phi) is 11.0. The quantitative estimate of drug-likeness (QED) is 0.247. The van der Waals surface area contributed by atoms with Crippen molar-refractivity contribution in [1.82, 2.24) is 14.5 Å². The average molecular weight is 693 g/mol. The van der Waals surface area contributed by atoms with Crippen LogP contribution in [0.25, 0.3) is 0 Å². The molecule has 0 spiro atoms. The molecule has 7 unspecified atom stereocenters. The van der Waals surface area contributed by atoms with Gasteiger partial charge in [0.2, 0.25) is 0 Å². The molecule has 2 bridgehead atoms. The van der Waals surface area contributed by atoms with E-state index in [2.05, 4.69) is 97.4 Å². The number of fused-ring (bicyclic) bond motifs is 2. The minimum Gasteiger partial charge on any atom is -0.491 e. The standard InChI is InChI=1S/C40H57ClN4O2S/c1-8-10-29-19-34(41)15-17-35(29)33-23-45-22-32-13-16-36(32)31(21-44-25-40(4,26-44)43(5)6)12-9-11-27(2)28(3)48(7)42-39(46)30-14-18-38(47-24-33)37(45)20-30/h9,12,14-15,17-20,27-28,31-33,36H,7-8,10-11,13,16,21-26H2,1-6H3,(H,42,46)/b12-9+. The number of allylic oxidation sites excluding steroid dienone is 1. The van der Waals surface area contributed by atoms with Gasteiger partial charge in [0, 0.05) is 60.0 Å². The molecule has 1 saturated heterocycles. The molecule has 3 heterocycles. The summed E-state index contributed by atoms with van der Waals surface area (Å²) in [7, 11) is 3.93. The van der Waals surface area contributed by atoms with E-state index in [9.17, 15) is 4.79 Å². The van der Waals surface area contributed by atoms with Crippen molar-refractivity contribution in [3.05, 3.63) is 70.3 Å². The van der Waals surface area contributed by atoms with Crippen molar-refractivity contribution in [2.24, 2.45) is 23.7 Å². The van der Waals surface area contributed by atoms with E-state index in [1.54, 1.807) is 0 Å². The summed E-state index contributed by atoms with van der Waals surface area (Å²) in [5, 5.41) is 1.06. The van der Waals surface area contributed by atoms with Crippen molar-refractivity contribution in [3.63, 3.8) is 0 Å². The monoisotopic (exact) mass is 692 g/mol. The van der Waals surface area contributed by atoms with Gasteiger partial charge in [-0.25, -0.2) is 0 Å². The van der Waals surface area contributed by atoms with E-state index in [-0.39, 0.29) is 22.6 Å². The number of aryl methyl sites for hydroxylation is 1. The maximum atomic E-state index is 13.6. The Hall–Kier alpha value is -2.32. The SMILES string of the molecule is C=S1NC(=O)c2ccc3c(c2)N(CC(c2ccc(Cl)cc2CCC)CO3)CC2CCC2C(CN2CC(C)(N(C)C)C2)/C=C/CC(C)C1C. The Morgan fingerprint density at radius 1 is 1.12 bits per heavy atom. The summed E-state index contributed by atoms with van der Waals surface area (Å²) < 4.78 is 9.87. The first kappa shape index (κ1) is 35.5. The zero-order valence-electron chi connectivity index (χ0n) is 30.0. The molecule has 1 amide bonds. The van der Waals surface area contributed by atoms with Crippen LogP contribution < -0.4 is 14.4 Å². The van der Waals surface area contributed by atoms with Gasteiger partial charge in [-0.3, -0.25) is 9.69 Å². The zero-order valence-corrected chi connectivity index (χ0v) is 31.6. The van der Waals surface area contributed by atoms with Gasteiger partial charge in [-0.2, -0.15) is 0 Å². The Morgan fingerprint density at radius 3 is 2.62 bits per heavy atom. The number of likely N-dealkylation sites (tertiary alicyclic amines) is 1. The lowest BCUT2D eigenvalue weighted by atomic mass is 9.66. The fourth-order valence-corrected chi connectivity index (χ4v) is 9.71. The van der Waals surface area contributed by atoms with Crippen LogP contribution in [0, 0.1) is 23.7 Å². The van der Waals surface area contributed by atoms with Crippen LogP contribution in [-0.2, 0) is 6.42 Å². The number of carbonyl (C=O) groups excluding carboxylic acids is 1. The second kappa shape index (κ2) is 14.9. The van der Waals surface area contributed by atoms with Gasteiger partial charge < -0.3 is 19.3 Å². The fourth-order valence-electron chi connectivity index (χ4n) is 8.30. The van der Waals surface area contributed by atoms with Gasteiger partial charge in [0.15, 0.2) is 0 Å². The van der Waals surface area contributed by atoms with E-state index >= 15 is 0 Å². The van der Waals surface area contributed by atoms with Crippen molar-refractivity contribution in [2.75, 3.05) is 58.3 Å². The number of carbonyl (C=O) groups is 1. The number of benzene rings is 2. The molecule has 1 N–H and O–H groups in total. The molecular formula is C40H57ClN4O2S. The van der Waals surface area contributed by atoms with E-state index in [0.717, 1.165) is 68.4 Å². The van der Waals surface area contributed by atoms with Crippen LogP contribution in [0.1, 0.15) is 80.8 Å². The van der Waals surface area contributed by atoms with Crippen LogP contribution in [0.15, 0.2) is 48.6 Å². The minimum atomic E-state index is -0.497. The van der Waals surface area contributed by atoms with Gasteiger partial charge in [0.05, 0.1) is 12.3 Å². The Balaban J connectivity index is 1.34. The summed E-state index contributed by atoms with van der Waals surface area (Å²) in [5.41, 5.74) is 4.62. The smallest absolute Gasteiger partial charge is 0.260 e. The lowest BCUT2D eigenvalue weighted by Gasteiger charge is -2.54. The van der Waals surface area contributed by atoms with E-state index in [1.165, 1.54) is 24.0 Å². The molecule has 4 aliphatic rings. The number of likely N-dealkylation sites (N-methyl/N-ethyl adjacent to an activating group) is 1. The Labute approximate surface area is 297 Å². The van der Waals surface area contributed by atoms with Crippen molar-refractivity contribution in [3.8, 4) is 5.75 Å². The number of amides is 1. The highest BCUT2D eigenvalue weighted by Gasteiger charge is 2.44. The first-order valence-corrected chi connectivity index (χ1v) is 20.0. The molecule has 2 aromatic rings. The average Bonchev–Trinajstić information content (AvgIpc) is 3.20. The molecule has 262 valence electrons. The number of hydrogen-bond acceptors (Lipinski definition) is 5. The third-order valence-electron chi connectivity index (χ3n) is 12.0. The molecule has 6 nitrogen and oxygen atoms in total. The third-order valence-corrected chi connectivity index (χ3v) is 14.1. The van der Waals surface area contributed by atoms with Crippen LogP contribution in [0.2, 0.25) is 5.02 Å². The molecule has 0 radical (unpaired) electrons. The molecule has 48 heavy (non-hydrogen) atoms. The van der Waals surface area contributed by atoms with Crippen LogP contribution in [0.3, 0.4) is 0 Å². The molecule has 0 aromatic heterocycles. The summed E-state index contributed by atoms with van der Waals surface area (Å²) >= 11 is 6.49. The lowest BCUT2D eigenvalue weighted by Crippen LogP contribution is -2.67. The molecule has 3 aliphatic heterocycles. The van der Waals surface area contributed by atoms with Gasteiger partial charge in [-0.1, -0.05) is 73.6 Å². The van der Waals surface area contributed by atoms with Gasteiger partial charge in [0.1, 0.15) is 5.75 Å². The maximum absolute atomic E-state index is 13.6. The van der Waals surface area contributed by atoms with Gasteiger partial charge in [-0.05, 0) is 112 Å². The summed E-state index contributed by atoms with van der Waals surface area (Å²) in [6.07, 6.45) is 10.6. The molecule has 2 fully saturated rings. The van der Waals surface area contributed by atoms with Gasteiger partial charge in [-0.15, -0.1) is 0 Å². The van der Waals surface area contributed by atoms with E-state index in [0.29, 0.717) is 35.8 Å². The van der Waals surface area contributed by atoms with Crippen molar-refractivity contribution in [1.29, 1.82) is 0 Å². The molecule has 1 aliphatic carbocycles. The molecule has 7 atom stereocenters. The van der Waals surface area contributed by atoms with E-state index in [4.69, 9.17) is 16.3 Å². The number of ether oxygens (including phenoxy) is 1. The Morgan fingerprint density at radius 2 is 1.92 bits per heavy atom. The second-order valence-electron chi connectivity index (χ2n) is 15.6. The zero-order chi connectivity index (χ0) is 34.2. The topological polar surface area (TPSA) is 48.1 Å². The van der Waals surface area contributed by atoms with Crippen LogP contribution in [0.4, 0.5) is 5.69 Å². The van der Waals surface area contributed by atoms with E-state index < -0.39 is 10.7 Å². The summed E-state index contributed by atoms with van der Waals surface area (Å²) in [4.78, 5) is 21.2. The van der Waals surface area contributed by atoms with E-state index in [1.807, 2.05) is 18.2 Å². The molecule has 1 saturated carbocycles.